The van der Waals surface area contributed by atoms with Crippen molar-refractivity contribution >= 4 is 17.7 Å². The molecule has 1 aliphatic carbocycles. The fourth-order valence-electron chi connectivity index (χ4n) is 1.58. The summed E-state index contributed by atoms with van der Waals surface area (Å²) in [6.07, 6.45) is 5.96. The van der Waals surface area contributed by atoms with Crippen molar-refractivity contribution in [2.45, 2.75) is 12.8 Å². The smallest absolute Gasteiger partial charge is 0.175 e. The summed E-state index contributed by atoms with van der Waals surface area (Å²) in [5.74, 6) is 0.789. The first-order chi connectivity index (χ1) is 6.43. The van der Waals surface area contributed by atoms with Crippen LogP contribution >= 0.6 is 0 Å². The summed E-state index contributed by atoms with van der Waals surface area (Å²) in [6.45, 7) is 0. The molecule has 0 saturated heterocycles. The first-order valence-corrected chi connectivity index (χ1v) is 4.41. The summed E-state index contributed by atoms with van der Waals surface area (Å²) in [7, 11) is 0. The fraction of sp³-hybridized carbons (Fsp3) is 0.200. The van der Waals surface area contributed by atoms with E-state index in [9.17, 15) is 0 Å². The summed E-state index contributed by atoms with van der Waals surface area (Å²) in [5.41, 5.74) is 3.64. The lowest BCUT2D eigenvalue weighted by Crippen LogP contribution is -2.11. The Labute approximate surface area is 76.2 Å². The van der Waals surface area contributed by atoms with E-state index in [2.05, 4.69) is 15.3 Å². The van der Waals surface area contributed by atoms with Crippen molar-refractivity contribution in [2.24, 2.45) is 4.99 Å². The summed E-state index contributed by atoms with van der Waals surface area (Å²) in [4.78, 5) is 8.50. The van der Waals surface area contributed by atoms with Gasteiger partial charge in [0.15, 0.2) is 5.82 Å². The maximum Gasteiger partial charge on any atom is 0.175 e. The minimum Gasteiger partial charge on any atom is -0.356 e. The SMILES string of the molecule is C1=Nc2ncccc2NC2=C1CC2. The molecule has 3 heteroatoms. The molecular formula is C10H9N3. The van der Waals surface area contributed by atoms with Gasteiger partial charge in [0.1, 0.15) is 0 Å². The van der Waals surface area contributed by atoms with E-state index in [1.807, 2.05) is 18.3 Å². The molecule has 0 amide bonds. The molecule has 0 spiro atoms. The maximum atomic E-state index is 4.31. The molecule has 13 heavy (non-hydrogen) atoms. The Kier molecular flexibility index (Phi) is 1.27. The van der Waals surface area contributed by atoms with Crippen molar-refractivity contribution in [3.8, 4) is 0 Å². The van der Waals surface area contributed by atoms with Crippen molar-refractivity contribution in [3.05, 3.63) is 29.6 Å². The van der Waals surface area contributed by atoms with Gasteiger partial charge in [-0.15, -0.1) is 0 Å². The Morgan fingerprint density at radius 3 is 3.15 bits per heavy atom. The Bertz CT molecular complexity index is 418. The monoisotopic (exact) mass is 171 g/mol. The van der Waals surface area contributed by atoms with Crippen LogP contribution in [0.2, 0.25) is 0 Å². The highest BCUT2D eigenvalue weighted by Crippen LogP contribution is 2.33. The van der Waals surface area contributed by atoms with Crippen LogP contribution in [0.1, 0.15) is 12.8 Å². The molecule has 3 rings (SSSR count). The van der Waals surface area contributed by atoms with Gasteiger partial charge in [0.25, 0.3) is 0 Å². The average molecular weight is 171 g/mol. The number of hydrogen-bond acceptors (Lipinski definition) is 3. The van der Waals surface area contributed by atoms with Crippen molar-refractivity contribution in [2.75, 3.05) is 5.32 Å². The third-order valence-corrected chi connectivity index (χ3v) is 2.45. The molecule has 2 aliphatic rings. The number of rotatable bonds is 0. The van der Waals surface area contributed by atoms with E-state index in [1.54, 1.807) is 6.20 Å². The zero-order valence-corrected chi connectivity index (χ0v) is 7.12. The Morgan fingerprint density at radius 2 is 2.31 bits per heavy atom. The Hall–Kier alpha value is -1.64. The predicted molar refractivity (Wildman–Crippen MR) is 52.3 cm³/mol. The van der Waals surface area contributed by atoms with Crippen LogP contribution in [0.3, 0.4) is 0 Å². The summed E-state index contributed by atoms with van der Waals surface area (Å²) in [6, 6.07) is 3.93. The lowest BCUT2D eigenvalue weighted by Gasteiger charge is -2.20. The molecule has 1 aliphatic heterocycles. The van der Waals surface area contributed by atoms with E-state index in [4.69, 9.17) is 0 Å². The van der Waals surface area contributed by atoms with Crippen molar-refractivity contribution in [1.29, 1.82) is 0 Å². The standard InChI is InChI=1S/C10H9N3/c1-2-9-10(11-5-1)12-6-7-3-4-8(7)13-9/h1-2,5-6,13H,3-4H2. The van der Waals surface area contributed by atoms with Gasteiger partial charge in [-0.2, -0.15) is 0 Å². The number of nitrogens with zero attached hydrogens (tertiary/aromatic N) is 2. The fourth-order valence-corrected chi connectivity index (χ4v) is 1.58. The Morgan fingerprint density at radius 1 is 1.31 bits per heavy atom. The quantitative estimate of drug-likeness (QED) is 0.650. The second-order valence-electron chi connectivity index (χ2n) is 3.26. The van der Waals surface area contributed by atoms with Crippen LogP contribution in [0.15, 0.2) is 34.6 Å². The highest BCUT2D eigenvalue weighted by atomic mass is 15.0. The molecule has 3 nitrogen and oxygen atoms in total. The second-order valence-corrected chi connectivity index (χ2v) is 3.26. The number of fused-ring (bicyclic) bond motifs is 1. The normalized spacial score (nSPS) is 18.2. The lowest BCUT2D eigenvalue weighted by molar-refractivity contribution is 0.853. The second kappa shape index (κ2) is 2.42. The van der Waals surface area contributed by atoms with E-state index in [-0.39, 0.29) is 0 Å². The number of aliphatic imine (C=N–C) groups is 1. The Balaban J connectivity index is 2.13. The molecule has 0 radical (unpaired) electrons. The maximum absolute atomic E-state index is 4.31. The van der Waals surface area contributed by atoms with Gasteiger partial charge < -0.3 is 5.32 Å². The molecule has 64 valence electrons. The third-order valence-electron chi connectivity index (χ3n) is 2.45. The zero-order chi connectivity index (χ0) is 8.67. The van der Waals surface area contributed by atoms with E-state index in [0.717, 1.165) is 24.3 Å². The molecule has 0 fully saturated rings. The molecule has 1 aromatic heterocycles. The molecular weight excluding hydrogens is 162 g/mol. The van der Waals surface area contributed by atoms with Crippen LogP contribution in [0.5, 0.6) is 0 Å². The molecule has 0 atom stereocenters. The van der Waals surface area contributed by atoms with E-state index in [0.29, 0.717) is 0 Å². The highest BCUT2D eigenvalue weighted by molar-refractivity contribution is 5.88. The molecule has 1 N–H and O–H groups in total. The van der Waals surface area contributed by atoms with Gasteiger partial charge in [0.05, 0.1) is 5.69 Å². The van der Waals surface area contributed by atoms with E-state index >= 15 is 0 Å². The van der Waals surface area contributed by atoms with Gasteiger partial charge >= 0.3 is 0 Å². The molecule has 0 saturated carbocycles. The van der Waals surface area contributed by atoms with Crippen LogP contribution < -0.4 is 5.32 Å². The van der Waals surface area contributed by atoms with Crippen molar-refractivity contribution in [3.63, 3.8) is 0 Å². The minimum absolute atomic E-state index is 0.789. The molecule has 1 aromatic rings. The predicted octanol–water partition coefficient (Wildman–Crippen LogP) is 2.26. The average Bonchev–Trinajstić information content (AvgIpc) is 2.25. The van der Waals surface area contributed by atoms with Crippen LogP contribution in [0, 0.1) is 0 Å². The molecule has 0 bridgehead atoms. The van der Waals surface area contributed by atoms with Gasteiger partial charge in [0.2, 0.25) is 0 Å². The third kappa shape index (κ3) is 0.967. The van der Waals surface area contributed by atoms with E-state index in [1.165, 1.54) is 11.3 Å². The number of aromatic nitrogens is 1. The van der Waals surface area contributed by atoms with Crippen LogP contribution in [-0.2, 0) is 0 Å². The molecule has 0 aromatic carbocycles. The molecule has 2 heterocycles. The first kappa shape index (κ1) is 6.83. The van der Waals surface area contributed by atoms with Gasteiger partial charge in [-0.05, 0) is 30.5 Å². The number of pyridine rings is 1. The van der Waals surface area contributed by atoms with Gasteiger partial charge in [0, 0.05) is 18.1 Å². The van der Waals surface area contributed by atoms with E-state index < -0.39 is 0 Å². The van der Waals surface area contributed by atoms with Gasteiger partial charge in [-0.3, -0.25) is 0 Å². The van der Waals surface area contributed by atoms with Crippen molar-refractivity contribution < 1.29 is 0 Å². The number of nitrogens with one attached hydrogen (secondary N) is 1. The summed E-state index contributed by atoms with van der Waals surface area (Å²) in [5, 5.41) is 3.35. The van der Waals surface area contributed by atoms with Gasteiger partial charge in [-0.1, -0.05) is 0 Å². The number of anilines is 1. The summed E-state index contributed by atoms with van der Waals surface area (Å²) >= 11 is 0. The van der Waals surface area contributed by atoms with Gasteiger partial charge in [-0.25, -0.2) is 9.98 Å². The van der Waals surface area contributed by atoms with Crippen molar-refractivity contribution in [1.82, 2.24) is 4.98 Å². The van der Waals surface area contributed by atoms with Crippen LogP contribution in [0.4, 0.5) is 11.5 Å². The molecule has 0 unspecified atom stereocenters. The largest absolute Gasteiger partial charge is 0.356 e. The number of allylic oxidation sites excluding steroid dienone is 2. The zero-order valence-electron chi connectivity index (χ0n) is 7.12. The van der Waals surface area contributed by atoms with Crippen LogP contribution in [0.25, 0.3) is 0 Å². The topological polar surface area (TPSA) is 37.3 Å². The number of hydrogen-bond donors (Lipinski definition) is 1. The lowest BCUT2D eigenvalue weighted by atomic mass is 9.95. The highest BCUT2D eigenvalue weighted by Gasteiger charge is 2.19. The minimum atomic E-state index is 0.789. The summed E-state index contributed by atoms with van der Waals surface area (Å²) < 4.78 is 0. The van der Waals surface area contributed by atoms with Crippen LogP contribution in [-0.4, -0.2) is 11.2 Å². The first-order valence-electron chi connectivity index (χ1n) is 4.41.